The summed E-state index contributed by atoms with van der Waals surface area (Å²) in [6, 6.07) is 13.0. The molecule has 0 radical (unpaired) electrons. The Balaban J connectivity index is 2.48. The summed E-state index contributed by atoms with van der Waals surface area (Å²) >= 11 is 1.78. The molecule has 1 aromatic carbocycles. The summed E-state index contributed by atoms with van der Waals surface area (Å²) in [6.45, 7) is 6.66. The monoisotopic (exact) mass is 273 g/mol. The molecule has 1 aromatic heterocycles. The van der Waals surface area contributed by atoms with E-state index in [1.54, 1.807) is 11.3 Å². The SMILES string of the molecule is CCC(CC)(c1ccccc1)C(N)c1sccc1C. The minimum absolute atomic E-state index is 0.0386. The van der Waals surface area contributed by atoms with Gasteiger partial charge in [-0.3, -0.25) is 0 Å². The van der Waals surface area contributed by atoms with Gasteiger partial charge in [0.1, 0.15) is 0 Å². The molecule has 0 aliphatic heterocycles. The van der Waals surface area contributed by atoms with E-state index in [9.17, 15) is 0 Å². The highest BCUT2D eigenvalue weighted by molar-refractivity contribution is 7.10. The first-order chi connectivity index (χ1) is 9.15. The molecule has 2 heteroatoms. The van der Waals surface area contributed by atoms with Crippen molar-refractivity contribution in [3.05, 3.63) is 57.8 Å². The average molecular weight is 273 g/mol. The lowest BCUT2D eigenvalue weighted by Crippen LogP contribution is -2.37. The number of hydrogen-bond donors (Lipinski definition) is 1. The number of hydrogen-bond acceptors (Lipinski definition) is 2. The fourth-order valence-electron chi connectivity index (χ4n) is 3.00. The van der Waals surface area contributed by atoms with Crippen molar-refractivity contribution in [3.8, 4) is 0 Å². The maximum atomic E-state index is 6.68. The number of rotatable bonds is 5. The van der Waals surface area contributed by atoms with Crippen molar-refractivity contribution in [2.24, 2.45) is 5.73 Å². The zero-order chi connectivity index (χ0) is 13.9. The smallest absolute Gasteiger partial charge is 0.0490 e. The highest BCUT2D eigenvalue weighted by Gasteiger charge is 2.37. The van der Waals surface area contributed by atoms with Gasteiger partial charge in [-0.05, 0) is 42.3 Å². The Hall–Kier alpha value is -1.12. The molecule has 0 bridgehead atoms. The molecule has 0 spiro atoms. The van der Waals surface area contributed by atoms with E-state index < -0.39 is 0 Å². The number of aryl methyl sites for hydroxylation is 1. The van der Waals surface area contributed by atoms with E-state index >= 15 is 0 Å². The molecule has 102 valence electrons. The van der Waals surface area contributed by atoms with Crippen molar-refractivity contribution >= 4 is 11.3 Å². The topological polar surface area (TPSA) is 26.0 Å². The Morgan fingerprint density at radius 2 is 1.74 bits per heavy atom. The van der Waals surface area contributed by atoms with Crippen LogP contribution in [0.1, 0.15) is 48.7 Å². The second kappa shape index (κ2) is 5.89. The third kappa shape index (κ3) is 2.47. The van der Waals surface area contributed by atoms with Crippen LogP contribution in [-0.2, 0) is 5.41 Å². The fraction of sp³-hybridized carbons (Fsp3) is 0.412. The summed E-state index contributed by atoms with van der Waals surface area (Å²) in [5.74, 6) is 0. The van der Waals surface area contributed by atoms with Gasteiger partial charge in [0.15, 0.2) is 0 Å². The molecular weight excluding hydrogens is 250 g/mol. The Labute approximate surface area is 120 Å². The van der Waals surface area contributed by atoms with Crippen LogP contribution < -0.4 is 5.73 Å². The van der Waals surface area contributed by atoms with E-state index in [1.165, 1.54) is 16.0 Å². The van der Waals surface area contributed by atoms with Crippen LogP contribution in [0.25, 0.3) is 0 Å². The van der Waals surface area contributed by atoms with E-state index in [4.69, 9.17) is 5.73 Å². The van der Waals surface area contributed by atoms with Crippen LogP contribution >= 0.6 is 11.3 Å². The molecule has 0 saturated heterocycles. The van der Waals surface area contributed by atoms with Gasteiger partial charge in [-0.1, -0.05) is 44.2 Å². The van der Waals surface area contributed by atoms with Crippen LogP contribution in [-0.4, -0.2) is 0 Å². The highest BCUT2D eigenvalue weighted by Crippen LogP contribution is 2.43. The summed E-state index contributed by atoms with van der Waals surface area (Å²) in [5.41, 5.74) is 9.40. The van der Waals surface area contributed by atoms with E-state index in [-0.39, 0.29) is 11.5 Å². The quantitative estimate of drug-likeness (QED) is 0.831. The summed E-state index contributed by atoms with van der Waals surface area (Å²) < 4.78 is 0. The molecule has 2 N–H and O–H groups in total. The molecule has 1 heterocycles. The lowest BCUT2D eigenvalue weighted by Gasteiger charge is -2.38. The molecule has 1 unspecified atom stereocenters. The lowest BCUT2D eigenvalue weighted by atomic mass is 9.69. The van der Waals surface area contributed by atoms with Crippen LogP contribution in [0.3, 0.4) is 0 Å². The molecule has 0 fully saturated rings. The van der Waals surface area contributed by atoms with Gasteiger partial charge in [0.2, 0.25) is 0 Å². The number of nitrogens with two attached hydrogens (primary N) is 1. The maximum absolute atomic E-state index is 6.68. The van der Waals surface area contributed by atoms with Crippen molar-refractivity contribution in [1.29, 1.82) is 0 Å². The van der Waals surface area contributed by atoms with E-state index in [0.29, 0.717) is 0 Å². The molecule has 2 aromatic rings. The van der Waals surface area contributed by atoms with Crippen LogP contribution in [0.15, 0.2) is 41.8 Å². The largest absolute Gasteiger partial charge is 0.323 e. The van der Waals surface area contributed by atoms with E-state index in [1.807, 2.05) is 0 Å². The van der Waals surface area contributed by atoms with Gasteiger partial charge >= 0.3 is 0 Å². The lowest BCUT2D eigenvalue weighted by molar-refractivity contribution is 0.325. The normalized spacial score (nSPS) is 13.5. The van der Waals surface area contributed by atoms with Gasteiger partial charge in [-0.2, -0.15) is 0 Å². The van der Waals surface area contributed by atoms with Gasteiger partial charge in [-0.15, -0.1) is 11.3 Å². The van der Waals surface area contributed by atoms with E-state index in [0.717, 1.165) is 12.8 Å². The molecule has 1 atom stereocenters. The van der Waals surface area contributed by atoms with Crippen LogP contribution in [0.4, 0.5) is 0 Å². The summed E-state index contributed by atoms with van der Waals surface area (Å²) in [5, 5.41) is 2.14. The Morgan fingerprint density at radius 1 is 1.11 bits per heavy atom. The Bertz CT molecular complexity index is 511. The minimum Gasteiger partial charge on any atom is -0.323 e. The first-order valence-corrected chi connectivity index (χ1v) is 7.88. The van der Waals surface area contributed by atoms with Gasteiger partial charge < -0.3 is 5.73 Å². The van der Waals surface area contributed by atoms with Crippen LogP contribution in [0, 0.1) is 6.92 Å². The van der Waals surface area contributed by atoms with E-state index in [2.05, 4.69) is 62.5 Å². The molecule has 0 saturated carbocycles. The maximum Gasteiger partial charge on any atom is 0.0490 e. The minimum atomic E-state index is 0.0386. The van der Waals surface area contributed by atoms with Crippen molar-refractivity contribution < 1.29 is 0 Å². The first kappa shape index (κ1) is 14.3. The van der Waals surface area contributed by atoms with Crippen molar-refractivity contribution in [1.82, 2.24) is 0 Å². The third-order valence-electron chi connectivity index (χ3n) is 4.39. The molecule has 1 nitrogen and oxygen atoms in total. The van der Waals surface area contributed by atoms with Gasteiger partial charge in [-0.25, -0.2) is 0 Å². The summed E-state index contributed by atoms with van der Waals surface area (Å²) in [4.78, 5) is 1.33. The molecule has 0 aliphatic carbocycles. The average Bonchev–Trinajstić information content (AvgIpc) is 2.88. The molecule has 2 rings (SSSR count). The van der Waals surface area contributed by atoms with Crippen molar-refractivity contribution in [2.45, 2.75) is 45.1 Å². The zero-order valence-corrected chi connectivity index (χ0v) is 12.8. The zero-order valence-electron chi connectivity index (χ0n) is 12.0. The molecule has 0 aliphatic rings. The summed E-state index contributed by atoms with van der Waals surface area (Å²) in [6.07, 6.45) is 2.12. The number of thiophene rings is 1. The highest BCUT2D eigenvalue weighted by atomic mass is 32.1. The molecule has 0 amide bonds. The predicted octanol–water partition coefficient (Wildman–Crippen LogP) is 4.81. The molecular formula is C17H23NS. The van der Waals surface area contributed by atoms with Crippen LogP contribution in [0.5, 0.6) is 0 Å². The van der Waals surface area contributed by atoms with Crippen molar-refractivity contribution in [3.63, 3.8) is 0 Å². The number of benzene rings is 1. The van der Waals surface area contributed by atoms with Crippen molar-refractivity contribution in [2.75, 3.05) is 0 Å². The Morgan fingerprint density at radius 3 is 2.21 bits per heavy atom. The van der Waals surface area contributed by atoms with Crippen LogP contribution in [0.2, 0.25) is 0 Å². The third-order valence-corrected chi connectivity index (χ3v) is 5.49. The predicted molar refractivity (Wildman–Crippen MR) is 84.7 cm³/mol. The standard InChI is InChI=1S/C17H23NS/c1-4-17(5-2,14-9-7-6-8-10-14)16(18)15-13(3)11-12-19-15/h6-12,16H,4-5,18H2,1-3H3. The molecule has 19 heavy (non-hydrogen) atoms. The van der Waals surface area contributed by atoms with Gasteiger partial charge in [0.25, 0.3) is 0 Å². The Kier molecular flexibility index (Phi) is 4.43. The summed E-state index contributed by atoms with van der Waals surface area (Å²) in [7, 11) is 0. The fourth-order valence-corrected chi connectivity index (χ4v) is 4.05. The second-order valence-electron chi connectivity index (χ2n) is 5.17. The first-order valence-electron chi connectivity index (χ1n) is 7.00. The van der Waals surface area contributed by atoms with Gasteiger partial charge in [0.05, 0.1) is 0 Å². The van der Waals surface area contributed by atoms with Gasteiger partial charge in [0, 0.05) is 16.3 Å². The second-order valence-corrected chi connectivity index (χ2v) is 6.12.